The van der Waals surface area contributed by atoms with Crippen LogP contribution in [0.4, 0.5) is 5.13 Å². The molecule has 0 aliphatic heterocycles. The third-order valence-electron chi connectivity index (χ3n) is 5.17. The van der Waals surface area contributed by atoms with E-state index >= 15 is 0 Å². The first kappa shape index (κ1) is 25.3. The number of furan rings is 1. The molecule has 0 saturated heterocycles. The van der Waals surface area contributed by atoms with Crippen LogP contribution in [0.25, 0.3) is 21.2 Å². The third kappa shape index (κ3) is 5.27. The number of ether oxygens (including phenoxy) is 1. The Bertz CT molecular complexity index is 1230. The first-order valence-electron chi connectivity index (χ1n) is 10.6. The fraction of sp³-hybridized carbons (Fsp3) is 0.333. The smallest absolute Gasteiger partial charge is 0.295 e. The van der Waals surface area contributed by atoms with Crippen LogP contribution >= 0.6 is 35.3 Å². The minimum atomic E-state index is -0.227. The number of amides is 1. The molecule has 0 atom stereocenters. The minimum Gasteiger partial charge on any atom is -0.490 e. The van der Waals surface area contributed by atoms with E-state index in [4.69, 9.17) is 25.7 Å². The number of benzene rings is 2. The molecule has 0 N–H and O–H groups in total. The van der Waals surface area contributed by atoms with E-state index < -0.39 is 0 Å². The number of halogens is 2. The van der Waals surface area contributed by atoms with Gasteiger partial charge in [-0.05, 0) is 64.7 Å². The van der Waals surface area contributed by atoms with Gasteiger partial charge >= 0.3 is 0 Å². The van der Waals surface area contributed by atoms with E-state index in [1.165, 1.54) is 11.3 Å². The Hall–Kier alpha value is -2.32. The highest BCUT2D eigenvalue weighted by Gasteiger charge is 2.25. The average molecular weight is 508 g/mol. The fourth-order valence-corrected chi connectivity index (χ4v) is 4.92. The van der Waals surface area contributed by atoms with E-state index in [2.05, 4.69) is 4.90 Å². The lowest BCUT2D eigenvalue weighted by atomic mass is 10.2. The monoisotopic (exact) mass is 507 g/mol. The number of aryl methyl sites for hydroxylation is 1. The summed E-state index contributed by atoms with van der Waals surface area (Å²) < 4.78 is 12.5. The van der Waals surface area contributed by atoms with Crippen LogP contribution in [0.2, 0.25) is 5.02 Å². The second-order valence-electron chi connectivity index (χ2n) is 7.87. The van der Waals surface area contributed by atoms with Gasteiger partial charge in [-0.1, -0.05) is 41.1 Å². The first-order chi connectivity index (χ1) is 15.4. The van der Waals surface area contributed by atoms with Crippen LogP contribution in [0.15, 0.2) is 40.8 Å². The van der Waals surface area contributed by atoms with E-state index in [0.29, 0.717) is 34.6 Å². The molecule has 0 aliphatic rings. The number of nitrogens with zero attached hydrogens (tertiary/aromatic N) is 3. The molecule has 0 bridgehead atoms. The molecule has 0 saturated carbocycles. The number of aromatic nitrogens is 1. The minimum absolute atomic E-state index is 0. The second kappa shape index (κ2) is 10.7. The van der Waals surface area contributed by atoms with Gasteiger partial charge in [0, 0.05) is 11.9 Å². The number of carbonyl (C=O) groups is 1. The number of para-hydroxylation sites is 1. The Labute approximate surface area is 208 Å². The van der Waals surface area contributed by atoms with Crippen LogP contribution in [0.3, 0.4) is 0 Å². The van der Waals surface area contributed by atoms with Gasteiger partial charge in [-0.3, -0.25) is 9.69 Å². The van der Waals surface area contributed by atoms with Gasteiger partial charge in [0.15, 0.2) is 22.2 Å². The van der Waals surface area contributed by atoms with Crippen molar-refractivity contribution in [2.75, 3.05) is 38.7 Å². The van der Waals surface area contributed by atoms with Crippen molar-refractivity contribution in [3.05, 3.63) is 52.7 Å². The van der Waals surface area contributed by atoms with Crippen molar-refractivity contribution in [2.45, 2.75) is 20.3 Å². The summed E-state index contributed by atoms with van der Waals surface area (Å²) in [6, 6.07) is 11.2. The predicted octanol–water partition coefficient (Wildman–Crippen LogP) is 6.42. The average Bonchev–Trinajstić information content (AvgIpc) is 3.40. The third-order valence-corrected chi connectivity index (χ3v) is 6.71. The Kier molecular flexibility index (Phi) is 8.23. The Morgan fingerprint density at radius 2 is 2.00 bits per heavy atom. The second-order valence-corrected chi connectivity index (χ2v) is 9.25. The molecule has 0 radical (unpaired) electrons. The molecule has 6 nitrogen and oxygen atoms in total. The van der Waals surface area contributed by atoms with Crippen molar-refractivity contribution in [3.8, 4) is 5.75 Å². The molecule has 2 aromatic heterocycles. The highest BCUT2D eigenvalue weighted by Crippen LogP contribution is 2.37. The summed E-state index contributed by atoms with van der Waals surface area (Å²) in [6.45, 7) is 5.80. The van der Waals surface area contributed by atoms with E-state index in [1.807, 2.05) is 58.3 Å². The highest BCUT2D eigenvalue weighted by atomic mass is 35.5. The van der Waals surface area contributed by atoms with Crippen molar-refractivity contribution < 1.29 is 13.9 Å². The van der Waals surface area contributed by atoms with Gasteiger partial charge < -0.3 is 14.1 Å². The molecule has 1 amide bonds. The largest absolute Gasteiger partial charge is 0.490 e. The van der Waals surface area contributed by atoms with Gasteiger partial charge in [0.2, 0.25) is 0 Å². The number of rotatable bonds is 8. The number of carbonyl (C=O) groups excluding carboxylic acids is 1. The van der Waals surface area contributed by atoms with Crippen LogP contribution in [0.1, 0.15) is 29.5 Å². The summed E-state index contributed by atoms with van der Waals surface area (Å²) in [4.78, 5) is 22.2. The quantitative estimate of drug-likeness (QED) is 0.275. The van der Waals surface area contributed by atoms with Crippen LogP contribution < -0.4 is 9.64 Å². The molecule has 4 rings (SSSR count). The van der Waals surface area contributed by atoms with Crippen LogP contribution in [0.5, 0.6) is 5.75 Å². The zero-order chi connectivity index (χ0) is 22.8. The number of hydrogen-bond acceptors (Lipinski definition) is 6. The molecule has 0 aliphatic carbocycles. The van der Waals surface area contributed by atoms with Crippen molar-refractivity contribution in [2.24, 2.45) is 0 Å². The van der Waals surface area contributed by atoms with Crippen molar-refractivity contribution >= 4 is 67.6 Å². The van der Waals surface area contributed by atoms with Crippen LogP contribution in [-0.4, -0.2) is 49.6 Å². The molecule has 33 heavy (non-hydrogen) atoms. The van der Waals surface area contributed by atoms with E-state index in [9.17, 15) is 4.79 Å². The zero-order valence-corrected chi connectivity index (χ0v) is 21.4. The molecular formula is C24H27Cl2N3O3S. The van der Waals surface area contributed by atoms with Crippen molar-refractivity contribution in [1.29, 1.82) is 0 Å². The lowest BCUT2D eigenvalue weighted by molar-refractivity contribution is 0.0961. The van der Waals surface area contributed by atoms with Gasteiger partial charge in [-0.2, -0.15) is 0 Å². The van der Waals surface area contributed by atoms with Crippen molar-refractivity contribution in [1.82, 2.24) is 9.88 Å². The Balaban J connectivity index is 0.00000306. The summed E-state index contributed by atoms with van der Waals surface area (Å²) in [5, 5.41) is 2.08. The summed E-state index contributed by atoms with van der Waals surface area (Å²) >= 11 is 7.85. The molecule has 2 aromatic carbocycles. The molecule has 2 heterocycles. The number of fused-ring (bicyclic) bond motifs is 2. The lowest BCUT2D eigenvalue weighted by Crippen LogP contribution is -2.33. The normalized spacial score (nSPS) is 11.2. The maximum atomic E-state index is 13.6. The van der Waals surface area contributed by atoms with Crippen LogP contribution in [-0.2, 0) is 0 Å². The zero-order valence-electron chi connectivity index (χ0n) is 19.1. The number of thiazole rings is 1. The molecule has 4 aromatic rings. The van der Waals surface area contributed by atoms with E-state index in [-0.39, 0.29) is 24.1 Å². The Morgan fingerprint density at radius 3 is 2.70 bits per heavy atom. The topological polar surface area (TPSA) is 58.8 Å². The highest BCUT2D eigenvalue weighted by molar-refractivity contribution is 7.23. The molecule has 176 valence electrons. The summed E-state index contributed by atoms with van der Waals surface area (Å²) in [5.74, 6) is 0.667. The van der Waals surface area contributed by atoms with Gasteiger partial charge in [-0.15, -0.1) is 12.4 Å². The standard InChI is InChI=1S/C24H26ClN3O3S.ClH/c1-5-30-18-9-6-8-16-14-19(31-21(16)18)23(29)28(13-7-12-27(3)4)24-26-20-15(2)10-11-17(25)22(20)32-24;/h6,8-11,14H,5,7,12-13H2,1-4H3;1H. The van der Waals surface area contributed by atoms with E-state index in [0.717, 1.165) is 34.1 Å². The first-order valence-corrected chi connectivity index (χ1v) is 11.8. The fourth-order valence-electron chi connectivity index (χ4n) is 3.58. The van der Waals surface area contributed by atoms with Gasteiger partial charge in [0.1, 0.15) is 0 Å². The maximum Gasteiger partial charge on any atom is 0.295 e. The molecule has 0 unspecified atom stereocenters. The van der Waals surface area contributed by atoms with Gasteiger partial charge in [-0.25, -0.2) is 4.98 Å². The predicted molar refractivity (Wildman–Crippen MR) is 139 cm³/mol. The molecule has 0 fully saturated rings. The molecule has 0 spiro atoms. The van der Waals surface area contributed by atoms with Gasteiger partial charge in [0.05, 0.1) is 21.8 Å². The van der Waals surface area contributed by atoms with Crippen LogP contribution in [0, 0.1) is 6.92 Å². The summed E-state index contributed by atoms with van der Waals surface area (Å²) in [5.41, 5.74) is 2.43. The number of hydrogen-bond donors (Lipinski definition) is 0. The SMILES string of the molecule is CCOc1cccc2cc(C(=O)N(CCCN(C)C)c3nc4c(C)ccc(Cl)c4s3)oc12.Cl. The lowest BCUT2D eigenvalue weighted by Gasteiger charge is -2.19. The molecular weight excluding hydrogens is 481 g/mol. The van der Waals surface area contributed by atoms with E-state index in [1.54, 1.807) is 11.0 Å². The molecule has 9 heteroatoms. The summed E-state index contributed by atoms with van der Waals surface area (Å²) in [6.07, 6.45) is 0.797. The maximum absolute atomic E-state index is 13.6. The summed E-state index contributed by atoms with van der Waals surface area (Å²) in [7, 11) is 4.03. The number of anilines is 1. The van der Waals surface area contributed by atoms with Crippen molar-refractivity contribution in [3.63, 3.8) is 0 Å². The Morgan fingerprint density at radius 1 is 1.21 bits per heavy atom. The van der Waals surface area contributed by atoms with Gasteiger partial charge in [0.25, 0.3) is 5.91 Å².